The number of nitrogens with zero attached hydrogens (tertiary/aromatic N) is 6. The van der Waals surface area contributed by atoms with Crippen molar-refractivity contribution in [3.8, 4) is 0 Å². The summed E-state index contributed by atoms with van der Waals surface area (Å²) in [5.41, 5.74) is 4.71. The summed E-state index contributed by atoms with van der Waals surface area (Å²) in [6.45, 7) is 4.00. The Balaban J connectivity index is 0.788. The summed E-state index contributed by atoms with van der Waals surface area (Å²) in [7, 11) is -3.50. The van der Waals surface area contributed by atoms with E-state index >= 15 is 0 Å². The second-order valence-electron chi connectivity index (χ2n) is 16.5. The van der Waals surface area contributed by atoms with E-state index < -0.39 is 21.4 Å². The first kappa shape index (κ1) is 36.3. The summed E-state index contributed by atoms with van der Waals surface area (Å²) in [5.74, 6) is 2.34. The molecule has 0 spiro atoms. The zero-order chi connectivity index (χ0) is 37.7. The lowest BCUT2D eigenvalue weighted by Gasteiger charge is -2.56. The highest BCUT2D eigenvalue weighted by Gasteiger charge is 2.52. The second-order valence-corrected chi connectivity index (χ2v) is 18.7. The maximum Gasteiger partial charge on any atom is 0.410 e. The molecule has 55 heavy (non-hydrogen) atoms. The first-order valence-electron chi connectivity index (χ1n) is 20.2. The van der Waals surface area contributed by atoms with Crippen LogP contribution in [0.1, 0.15) is 50.5 Å². The summed E-state index contributed by atoms with van der Waals surface area (Å²) in [4.78, 5) is 34.4. The molecule has 0 radical (unpaired) electrons. The van der Waals surface area contributed by atoms with Gasteiger partial charge < -0.3 is 19.4 Å². The van der Waals surface area contributed by atoms with Crippen LogP contribution < -0.4 is 14.7 Å². The lowest BCUT2D eigenvalue weighted by atomic mass is 9.54. The number of hydrogen-bond acceptors (Lipinski definition) is 8. The molecule has 7 aliphatic rings. The van der Waals surface area contributed by atoms with Crippen molar-refractivity contribution in [2.75, 3.05) is 67.1 Å². The highest BCUT2D eigenvalue weighted by atomic mass is 32.2. The molecule has 2 saturated heterocycles. The van der Waals surface area contributed by atoms with E-state index in [2.05, 4.69) is 34.1 Å². The number of anilines is 4. The highest BCUT2D eigenvalue weighted by molar-refractivity contribution is 7.89. The maximum absolute atomic E-state index is 13.9. The number of hydrogen-bond donors (Lipinski definition) is 1. The van der Waals surface area contributed by atoms with Gasteiger partial charge in [0.1, 0.15) is 6.61 Å². The third kappa shape index (κ3) is 7.03. The molecule has 0 aromatic heterocycles. The van der Waals surface area contributed by atoms with Crippen molar-refractivity contribution in [1.82, 2.24) is 14.3 Å². The molecule has 13 heteroatoms. The van der Waals surface area contributed by atoms with Gasteiger partial charge in [-0.15, -0.1) is 0 Å². The predicted molar refractivity (Wildman–Crippen MR) is 211 cm³/mol. The van der Waals surface area contributed by atoms with E-state index in [9.17, 15) is 23.2 Å². The number of amides is 3. The summed E-state index contributed by atoms with van der Waals surface area (Å²) in [6, 6.07) is 25.4. The molecular formula is C42H52N6O6S. The number of ether oxygens (including phenoxy) is 1. The number of carbonyl (C=O) groups excluding carboxylic acids is 2. The van der Waals surface area contributed by atoms with E-state index in [1.54, 1.807) is 14.1 Å². The van der Waals surface area contributed by atoms with Gasteiger partial charge in [-0.25, -0.2) is 23.1 Å². The van der Waals surface area contributed by atoms with Crippen LogP contribution in [0.2, 0.25) is 0 Å². The van der Waals surface area contributed by atoms with Crippen molar-refractivity contribution in [2.24, 2.45) is 23.7 Å². The monoisotopic (exact) mass is 768 g/mol. The molecule has 1 N–H and O–H groups in total. The van der Waals surface area contributed by atoms with Gasteiger partial charge in [0.15, 0.2) is 0 Å². The number of para-hydroxylation sites is 2. The minimum atomic E-state index is -3.50. The number of carbonyl (C=O) groups is 2. The van der Waals surface area contributed by atoms with Crippen LogP contribution in [0.15, 0.2) is 78.9 Å². The zero-order valence-electron chi connectivity index (χ0n) is 31.4. The van der Waals surface area contributed by atoms with Crippen LogP contribution in [-0.2, 0) is 21.4 Å². The topological polar surface area (TPSA) is 117 Å². The Morgan fingerprint density at radius 3 is 1.95 bits per heavy atom. The Morgan fingerprint density at radius 2 is 1.29 bits per heavy atom. The zero-order valence-corrected chi connectivity index (χ0v) is 32.2. The Hall–Kier alpha value is -4.33. The van der Waals surface area contributed by atoms with Gasteiger partial charge in [-0.05, 0) is 111 Å². The molecule has 4 bridgehead atoms. The lowest BCUT2D eigenvalue weighted by molar-refractivity contribution is -0.160. The summed E-state index contributed by atoms with van der Waals surface area (Å²) in [6.07, 6.45) is 6.26. The second kappa shape index (κ2) is 15.0. The molecule has 3 aromatic rings. The Morgan fingerprint density at radius 1 is 0.691 bits per heavy atom. The van der Waals surface area contributed by atoms with Crippen molar-refractivity contribution in [2.45, 2.75) is 62.8 Å². The molecule has 3 amide bonds. The van der Waals surface area contributed by atoms with Crippen molar-refractivity contribution >= 4 is 44.9 Å². The van der Waals surface area contributed by atoms with E-state index in [-0.39, 0.29) is 18.7 Å². The van der Waals surface area contributed by atoms with Gasteiger partial charge in [0.25, 0.3) is 0 Å². The molecular weight excluding hydrogens is 717 g/mol. The van der Waals surface area contributed by atoms with Crippen molar-refractivity contribution in [3.05, 3.63) is 84.4 Å². The third-order valence-electron chi connectivity index (χ3n) is 13.3. The average Bonchev–Trinajstić information content (AvgIpc) is 3.22. The van der Waals surface area contributed by atoms with Crippen LogP contribution in [-0.4, -0.2) is 104 Å². The summed E-state index contributed by atoms with van der Waals surface area (Å²) < 4.78 is 34.4. The summed E-state index contributed by atoms with van der Waals surface area (Å²) >= 11 is 0. The first-order chi connectivity index (χ1) is 26.7. The van der Waals surface area contributed by atoms with E-state index in [0.29, 0.717) is 77.0 Å². The van der Waals surface area contributed by atoms with Crippen LogP contribution in [0.5, 0.6) is 0 Å². The number of piperazine rings is 1. The van der Waals surface area contributed by atoms with Crippen LogP contribution in [0.25, 0.3) is 0 Å². The number of hydroxylamine groups is 2. The average molecular weight is 769 g/mol. The van der Waals surface area contributed by atoms with Crippen molar-refractivity contribution in [1.29, 1.82) is 0 Å². The van der Waals surface area contributed by atoms with E-state index in [4.69, 9.17) is 4.74 Å². The van der Waals surface area contributed by atoms with Gasteiger partial charge >= 0.3 is 12.1 Å². The van der Waals surface area contributed by atoms with Gasteiger partial charge in [0.05, 0.1) is 22.7 Å². The number of sulfonamides is 1. The molecule has 3 heterocycles. The van der Waals surface area contributed by atoms with Crippen LogP contribution in [0.3, 0.4) is 0 Å². The van der Waals surface area contributed by atoms with Crippen molar-refractivity contribution in [3.63, 3.8) is 0 Å². The molecule has 292 valence electrons. The number of rotatable bonds is 7. The van der Waals surface area contributed by atoms with E-state index in [1.807, 2.05) is 54.6 Å². The van der Waals surface area contributed by atoms with Crippen LogP contribution >= 0.6 is 0 Å². The SMILES string of the molecule is O=C(OCc1ccccc1)N1CCC(S(=O)(=O)N2CCN(c3ccc(N4CCN(C(=O)N(O)C5C6CC7CC(C6)CC5C7)c5ccccc54)cc3)CC2)CC1. The lowest BCUT2D eigenvalue weighted by Crippen LogP contribution is -2.59. The maximum atomic E-state index is 13.9. The van der Waals surface area contributed by atoms with Gasteiger partial charge in [0.2, 0.25) is 10.0 Å². The quantitative estimate of drug-likeness (QED) is 0.213. The fourth-order valence-electron chi connectivity index (χ4n) is 10.8. The van der Waals surface area contributed by atoms with Gasteiger partial charge in [-0.3, -0.25) is 10.1 Å². The summed E-state index contributed by atoms with van der Waals surface area (Å²) in [5, 5.41) is 12.0. The van der Waals surface area contributed by atoms with Gasteiger partial charge in [0, 0.05) is 63.7 Å². The molecule has 12 nitrogen and oxygen atoms in total. The molecule has 10 rings (SSSR count). The molecule has 4 saturated carbocycles. The number of likely N-dealkylation sites (tertiary alicyclic amines) is 1. The Bertz CT molecular complexity index is 1940. The van der Waals surface area contributed by atoms with Crippen molar-refractivity contribution < 1.29 is 28.0 Å². The molecule has 6 fully saturated rings. The normalized spacial score (nSPS) is 26.9. The van der Waals surface area contributed by atoms with E-state index in [0.717, 1.165) is 70.9 Å². The first-order valence-corrected chi connectivity index (χ1v) is 21.7. The standard InChI is InChI=1S/C42H52N6O6S/c49-41(48(51)40-33-25-31-24-32(27-33)28-34(40)26-31)47-23-22-46(38-8-4-5-9-39(38)47)36-12-10-35(11-13-36)43-18-20-45(21-19-43)55(52,53)37-14-16-44(17-15-37)42(50)54-29-30-6-2-1-3-7-30/h1-13,31-34,37,40,51H,14-29H2. The molecule has 0 unspecified atom stereocenters. The Kier molecular flexibility index (Phi) is 9.88. The number of piperidine rings is 1. The largest absolute Gasteiger partial charge is 0.445 e. The fourth-order valence-corrected chi connectivity index (χ4v) is 12.7. The Labute approximate surface area is 324 Å². The number of fused-ring (bicyclic) bond motifs is 1. The predicted octanol–water partition coefficient (Wildman–Crippen LogP) is 6.53. The minimum Gasteiger partial charge on any atom is -0.445 e. The molecule has 0 atom stereocenters. The minimum absolute atomic E-state index is 0.0822. The van der Waals surface area contributed by atoms with E-state index in [1.165, 1.54) is 6.42 Å². The highest BCUT2D eigenvalue weighted by Crippen LogP contribution is 2.55. The van der Waals surface area contributed by atoms with Gasteiger partial charge in [-0.2, -0.15) is 4.31 Å². The van der Waals surface area contributed by atoms with Gasteiger partial charge in [-0.1, -0.05) is 42.5 Å². The fraction of sp³-hybridized carbons (Fsp3) is 0.524. The third-order valence-corrected chi connectivity index (χ3v) is 15.7. The van der Waals surface area contributed by atoms with Crippen LogP contribution in [0.4, 0.5) is 32.3 Å². The van der Waals surface area contributed by atoms with Crippen LogP contribution in [0, 0.1) is 23.7 Å². The number of urea groups is 1. The smallest absolute Gasteiger partial charge is 0.410 e. The molecule has 4 aliphatic carbocycles. The number of benzene rings is 3. The molecule has 3 aromatic carbocycles. The molecule has 3 aliphatic heterocycles.